The van der Waals surface area contributed by atoms with E-state index in [2.05, 4.69) is 231 Å². The zero-order valence-corrected chi connectivity index (χ0v) is 47.8. The quantitative estimate of drug-likeness (QED) is 0.175. The van der Waals surface area contributed by atoms with Crippen LogP contribution in [0.1, 0.15) is 35.1 Å². The summed E-state index contributed by atoms with van der Waals surface area (Å²) in [5.41, 5.74) is 11.0. The summed E-state index contributed by atoms with van der Waals surface area (Å²) < 4.78 is 0. The second-order valence-electron chi connectivity index (χ2n) is 14.7. The van der Waals surface area contributed by atoms with Crippen LogP contribution in [-0.4, -0.2) is 19.0 Å². The molecule has 0 aliphatic heterocycles. The summed E-state index contributed by atoms with van der Waals surface area (Å²) in [6.45, 7) is 0. The Balaban J connectivity index is 0.000000214. The fraction of sp³-hybridized carbons (Fsp3) is 0.0667. The number of hydrogen-bond donors (Lipinski definition) is 0. The smallest absolute Gasteiger partial charge is 0.103 e. The Hall–Kier alpha value is -4.53. The van der Waals surface area contributed by atoms with Gasteiger partial charge in [0.05, 0.1) is 0 Å². The first-order chi connectivity index (χ1) is 30.8. The molecule has 0 fully saturated rings. The van der Waals surface area contributed by atoms with E-state index in [9.17, 15) is 0 Å². The zero-order valence-electron chi connectivity index (χ0n) is 36.8. The van der Waals surface area contributed by atoms with E-state index in [1.54, 1.807) is 0 Å². The molecule has 4 aliphatic carbocycles. The molecule has 0 unspecified atom stereocenters. The van der Waals surface area contributed by atoms with Crippen molar-refractivity contribution in [3.05, 3.63) is 289 Å². The Morgan fingerprint density at radius 1 is 0.333 bits per heavy atom. The van der Waals surface area contributed by atoms with Crippen molar-refractivity contribution in [3.63, 3.8) is 0 Å². The van der Waals surface area contributed by atoms with E-state index in [1.807, 2.05) is 36.4 Å². The average molecular weight is 1260 g/mol. The third-order valence-corrected chi connectivity index (χ3v) is 13.1. The van der Waals surface area contributed by atoms with Gasteiger partial charge < -0.3 is 24.8 Å². The molecule has 6 heteroatoms. The molecule has 0 aromatic heterocycles. The molecule has 0 N–H and O–H groups in total. The van der Waals surface area contributed by atoms with Crippen molar-refractivity contribution in [2.75, 3.05) is 0 Å². The van der Waals surface area contributed by atoms with Gasteiger partial charge in [0.2, 0.25) is 0 Å². The van der Waals surface area contributed by atoms with E-state index in [1.165, 1.54) is 65.3 Å². The SMILES string of the molecule is [C-]1=CC=CC1.[C-]1=CC=CC1.[Cl-].[Cl-].[Hf].[Hf].[c-]1cccc2c1Cc1ccccc1-2.[c-]1cccc2c1Cc1ccccc1-2.c1ccc([SiH]c2ccccc2)cc1.c1ccc([SiH]c2ccccc2)cc1. The van der Waals surface area contributed by atoms with Gasteiger partial charge in [0.25, 0.3) is 0 Å². The maximum atomic E-state index is 3.30. The third-order valence-electron chi connectivity index (χ3n) is 10.3. The first-order valence-corrected chi connectivity index (χ1v) is 23.6. The van der Waals surface area contributed by atoms with Crippen molar-refractivity contribution in [3.8, 4) is 22.3 Å². The Labute approximate surface area is 449 Å². The van der Waals surface area contributed by atoms with Gasteiger partial charge in [-0.15, -0.1) is 24.0 Å². The topological polar surface area (TPSA) is 0 Å². The van der Waals surface area contributed by atoms with Crippen molar-refractivity contribution in [2.45, 2.75) is 25.7 Å². The molecule has 0 heterocycles. The Bertz CT molecular complexity index is 2310. The summed E-state index contributed by atoms with van der Waals surface area (Å²) in [6, 6.07) is 78.9. The molecule has 0 saturated carbocycles. The van der Waals surface area contributed by atoms with Crippen LogP contribution in [0, 0.1) is 24.3 Å². The number of fused-ring (bicyclic) bond motifs is 6. The van der Waals surface area contributed by atoms with Gasteiger partial charge in [-0.3, -0.25) is 12.2 Å². The van der Waals surface area contributed by atoms with Gasteiger partial charge in [-0.25, -0.2) is 24.3 Å². The summed E-state index contributed by atoms with van der Waals surface area (Å²) in [4.78, 5) is 0. The van der Waals surface area contributed by atoms with Crippen LogP contribution in [0.2, 0.25) is 0 Å². The van der Waals surface area contributed by atoms with Crippen molar-refractivity contribution >= 4 is 39.8 Å². The van der Waals surface area contributed by atoms with Crippen molar-refractivity contribution in [2.24, 2.45) is 0 Å². The Kier molecular flexibility index (Phi) is 27.2. The van der Waals surface area contributed by atoms with Gasteiger partial charge in [-0.1, -0.05) is 213 Å². The summed E-state index contributed by atoms with van der Waals surface area (Å²) >= 11 is 0. The van der Waals surface area contributed by atoms with E-state index < -0.39 is 0 Å². The monoisotopic (exact) mass is 1260 g/mol. The molecule has 0 nitrogen and oxygen atoms in total. The molecule has 0 saturated heterocycles. The molecule has 0 atom stereocenters. The molecule has 2 radical (unpaired) electrons. The standard InChI is InChI=1S/2C13H9.2C12H11Si.2C5H5.2ClH.2Hf/c2*1-3-7-12-10(5-1)9-11-6-2-4-8-13(11)12;2*1-3-7-11(8-4-1)13-12-9-5-2-6-10-12;2*1-2-4-5-3-1;;;;/h2*1-5,7-8H,9H2;2*1-10,13H;2*1-3H,4H2;2*1H;;/q2*-1;;;2*-1;;;;/p-2. The normalized spacial score (nSPS) is 11.4. The van der Waals surface area contributed by atoms with Crippen LogP contribution in [0.3, 0.4) is 0 Å². The van der Waals surface area contributed by atoms with Gasteiger partial charge in [0, 0.05) is 51.7 Å². The molecule has 66 heavy (non-hydrogen) atoms. The summed E-state index contributed by atoms with van der Waals surface area (Å²) in [6.07, 6.45) is 22.1. The van der Waals surface area contributed by atoms with E-state index >= 15 is 0 Å². The summed E-state index contributed by atoms with van der Waals surface area (Å²) in [7, 11) is 0.543. The van der Waals surface area contributed by atoms with Crippen LogP contribution < -0.4 is 45.6 Å². The van der Waals surface area contributed by atoms with Crippen molar-refractivity contribution in [1.82, 2.24) is 0 Å². The van der Waals surface area contributed by atoms with E-state index in [-0.39, 0.29) is 95.5 Å². The first kappa shape index (κ1) is 55.8. The average Bonchev–Trinajstić information content (AvgIpc) is 4.21. The molecule has 4 aliphatic rings. The minimum atomic E-state index is 0. The molecule has 0 bridgehead atoms. The van der Waals surface area contributed by atoms with Gasteiger partial charge in [0.15, 0.2) is 0 Å². The summed E-state index contributed by atoms with van der Waals surface area (Å²) in [5, 5.41) is 5.81. The fourth-order valence-electron chi connectivity index (χ4n) is 7.26. The van der Waals surface area contributed by atoms with Crippen LogP contribution in [0.4, 0.5) is 0 Å². The maximum absolute atomic E-state index is 3.30. The van der Waals surface area contributed by atoms with Crippen LogP contribution in [0.15, 0.2) is 243 Å². The second-order valence-corrected chi connectivity index (χ2v) is 18.0. The number of halogens is 2. The zero-order chi connectivity index (χ0) is 42.3. The molecular weight excluding hydrogens is 1200 g/mol. The predicted molar refractivity (Wildman–Crippen MR) is 269 cm³/mol. The van der Waals surface area contributed by atoms with Gasteiger partial charge in [0.1, 0.15) is 19.0 Å². The number of rotatable bonds is 4. The number of benzene rings is 8. The van der Waals surface area contributed by atoms with Crippen LogP contribution in [0.5, 0.6) is 0 Å². The van der Waals surface area contributed by atoms with Crippen molar-refractivity contribution in [1.29, 1.82) is 0 Å². The molecule has 326 valence electrons. The van der Waals surface area contributed by atoms with Crippen molar-refractivity contribution < 1.29 is 76.5 Å². The Morgan fingerprint density at radius 2 is 0.636 bits per heavy atom. The predicted octanol–water partition coefficient (Wildman–Crippen LogP) is 4.88. The minimum absolute atomic E-state index is 0. The summed E-state index contributed by atoms with van der Waals surface area (Å²) in [5.74, 6) is 0. The van der Waals surface area contributed by atoms with E-state index in [0.29, 0.717) is 0 Å². The molecule has 12 rings (SSSR count). The van der Waals surface area contributed by atoms with E-state index in [0.717, 1.165) is 25.7 Å². The number of allylic oxidation sites excluding steroid dienone is 8. The van der Waals surface area contributed by atoms with Crippen LogP contribution in [0.25, 0.3) is 22.3 Å². The minimum Gasteiger partial charge on any atom is -1.00 e. The molecule has 8 aromatic rings. The third kappa shape index (κ3) is 18.3. The Morgan fingerprint density at radius 3 is 0.924 bits per heavy atom. The molecule has 0 spiro atoms. The largest absolute Gasteiger partial charge is 1.00 e. The molecule has 8 aromatic carbocycles. The second kappa shape index (κ2) is 32.2. The van der Waals surface area contributed by atoms with E-state index in [4.69, 9.17) is 0 Å². The van der Waals surface area contributed by atoms with Gasteiger partial charge >= 0.3 is 0 Å². The number of hydrogen-bond acceptors (Lipinski definition) is 0. The first-order valence-electron chi connectivity index (χ1n) is 21.3. The van der Waals surface area contributed by atoms with Gasteiger partial charge in [-0.2, -0.15) is 71.8 Å². The molecular formula is C60H50Cl2Hf2Si2-6. The molecule has 0 amide bonds. The maximum Gasteiger partial charge on any atom is 0.103 e. The van der Waals surface area contributed by atoms with Crippen LogP contribution in [-0.2, 0) is 64.5 Å². The van der Waals surface area contributed by atoms with Gasteiger partial charge in [-0.05, 0) is 12.8 Å². The van der Waals surface area contributed by atoms with Crippen LogP contribution >= 0.6 is 0 Å². The fourth-order valence-corrected chi connectivity index (χ4v) is 9.69.